The predicted octanol–water partition coefficient (Wildman–Crippen LogP) is 1.70. The van der Waals surface area contributed by atoms with Crippen molar-refractivity contribution in [1.29, 1.82) is 0 Å². The maximum absolute atomic E-state index is 13.2. The van der Waals surface area contributed by atoms with Crippen LogP contribution in [-0.4, -0.2) is 28.3 Å². The van der Waals surface area contributed by atoms with Gasteiger partial charge in [-0.2, -0.15) is 0 Å². The number of nitrogens with one attached hydrogen (secondary N) is 1. The van der Waals surface area contributed by atoms with Crippen molar-refractivity contribution in [2.45, 2.75) is 38.2 Å². The van der Waals surface area contributed by atoms with Gasteiger partial charge in [-0.05, 0) is 24.5 Å². The Morgan fingerprint density at radius 3 is 2.95 bits per heavy atom. The van der Waals surface area contributed by atoms with Crippen LogP contribution in [0.3, 0.4) is 0 Å². The van der Waals surface area contributed by atoms with E-state index in [-0.39, 0.29) is 37.3 Å². The summed E-state index contributed by atoms with van der Waals surface area (Å²) < 4.78 is 26.4. The molecule has 2 aliphatic rings. The Hall–Kier alpha value is -1.72. The normalized spacial score (nSPS) is 24.5. The van der Waals surface area contributed by atoms with Crippen LogP contribution in [0.5, 0.6) is 0 Å². The Morgan fingerprint density at radius 1 is 1.45 bits per heavy atom. The summed E-state index contributed by atoms with van der Waals surface area (Å²) in [5.74, 6) is -3.56. The summed E-state index contributed by atoms with van der Waals surface area (Å²) in [4.78, 5) is 28.2. The zero-order chi connectivity index (χ0) is 14.3. The number of hydrogen-bond acceptors (Lipinski definition) is 2. The third-order valence-electron chi connectivity index (χ3n) is 4.23. The minimum Gasteiger partial charge on any atom is -0.338 e. The number of alkyl halides is 2. The number of amides is 1. The summed E-state index contributed by atoms with van der Waals surface area (Å²) in [6.45, 7) is 0.726. The molecule has 1 aliphatic heterocycles. The molecule has 108 valence electrons. The first-order chi connectivity index (χ1) is 9.46. The van der Waals surface area contributed by atoms with Crippen LogP contribution in [0.15, 0.2) is 17.1 Å². The number of carbonyl (C=O) groups excluding carboxylic acids is 1. The minimum atomic E-state index is -2.72. The van der Waals surface area contributed by atoms with E-state index in [1.165, 1.54) is 0 Å². The molecule has 1 N–H and O–H groups in total. The number of aromatic amines is 1. The van der Waals surface area contributed by atoms with Crippen molar-refractivity contribution in [2.75, 3.05) is 6.54 Å². The molecule has 0 radical (unpaired) electrons. The van der Waals surface area contributed by atoms with Gasteiger partial charge in [-0.15, -0.1) is 0 Å². The van der Waals surface area contributed by atoms with Gasteiger partial charge in [-0.3, -0.25) is 9.59 Å². The zero-order valence-corrected chi connectivity index (χ0v) is 11.0. The molecule has 0 unspecified atom stereocenters. The molecule has 1 amide bonds. The fourth-order valence-corrected chi connectivity index (χ4v) is 3.09. The van der Waals surface area contributed by atoms with Gasteiger partial charge in [0.2, 0.25) is 11.8 Å². The van der Waals surface area contributed by atoms with Crippen LogP contribution in [0, 0.1) is 5.92 Å². The molecule has 1 aromatic rings. The summed E-state index contributed by atoms with van der Waals surface area (Å²) >= 11 is 0. The molecule has 1 saturated carbocycles. The van der Waals surface area contributed by atoms with Crippen molar-refractivity contribution in [1.82, 2.24) is 9.88 Å². The van der Waals surface area contributed by atoms with Crippen LogP contribution in [0.25, 0.3) is 0 Å². The molecule has 4 nitrogen and oxygen atoms in total. The highest BCUT2D eigenvalue weighted by atomic mass is 19.3. The monoisotopic (exact) mass is 282 g/mol. The summed E-state index contributed by atoms with van der Waals surface area (Å²) in [5.41, 5.74) is 1.32. The van der Waals surface area contributed by atoms with Crippen molar-refractivity contribution in [3.05, 3.63) is 33.7 Å². The second kappa shape index (κ2) is 4.68. The van der Waals surface area contributed by atoms with Crippen LogP contribution in [-0.2, 0) is 17.8 Å². The first kappa shape index (κ1) is 13.3. The number of aromatic nitrogens is 1. The van der Waals surface area contributed by atoms with Gasteiger partial charge in [0.05, 0.1) is 6.54 Å². The van der Waals surface area contributed by atoms with Gasteiger partial charge in [0.1, 0.15) is 0 Å². The van der Waals surface area contributed by atoms with Gasteiger partial charge in [-0.25, -0.2) is 8.78 Å². The lowest BCUT2D eigenvalue weighted by atomic mass is 9.99. The van der Waals surface area contributed by atoms with Crippen molar-refractivity contribution in [3.8, 4) is 0 Å². The van der Waals surface area contributed by atoms with Crippen LogP contribution < -0.4 is 5.56 Å². The Labute approximate surface area is 114 Å². The van der Waals surface area contributed by atoms with Crippen molar-refractivity contribution in [3.63, 3.8) is 0 Å². The molecule has 6 heteroatoms. The SMILES string of the molecule is O=C([C@@H]1CCC(F)(F)C1)N1CCc2cc[nH]c(=O)c2C1. The van der Waals surface area contributed by atoms with E-state index in [4.69, 9.17) is 0 Å². The molecular weight excluding hydrogens is 266 g/mol. The molecule has 0 spiro atoms. The van der Waals surface area contributed by atoms with Crippen molar-refractivity contribution >= 4 is 5.91 Å². The molecule has 3 rings (SSSR count). The van der Waals surface area contributed by atoms with Gasteiger partial charge in [0, 0.05) is 37.1 Å². The molecule has 0 aromatic carbocycles. The lowest BCUT2D eigenvalue weighted by molar-refractivity contribution is -0.137. The number of carbonyl (C=O) groups is 1. The van der Waals surface area contributed by atoms with Crippen molar-refractivity contribution < 1.29 is 13.6 Å². The maximum atomic E-state index is 13.2. The first-order valence-electron chi connectivity index (χ1n) is 6.82. The second-order valence-electron chi connectivity index (χ2n) is 5.62. The highest BCUT2D eigenvalue weighted by molar-refractivity contribution is 5.79. The van der Waals surface area contributed by atoms with E-state index in [1.54, 1.807) is 11.1 Å². The Bertz CT molecular complexity index is 597. The number of halogens is 2. The summed E-state index contributed by atoms with van der Waals surface area (Å²) in [5, 5.41) is 0. The molecule has 0 bridgehead atoms. The summed E-state index contributed by atoms with van der Waals surface area (Å²) in [6.07, 6.45) is 1.86. The average Bonchev–Trinajstić information content (AvgIpc) is 2.78. The lowest BCUT2D eigenvalue weighted by Crippen LogP contribution is -2.41. The van der Waals surface area contributed by atoms with E-state index in [9.17, 15) is 18.4 Å². The molecule has 1 aliphatic carbocycles. The Morgan fingerprint density at radius 2 is 2.25 bits per heavy atom. The second-order valence-corrected chi connectivity index (χ2v) is 5.62. The largest absolute Gasteiger partial charge is 0.338 e. The van der Waals surface area contributed by atoms with Crippen LogP contribution >= 0.6 is 0 Å². The molecule has 1 atom stereocenters. The highest BCUT2D eigenvalue weighted by Gasteiger charge is 2.44. The van der Waals surface area contributed by atoms with E-state index < -0.39 is 11.8 Å². The number of hydrogen-bond donors (Lipinski definition) is 1. The third kappa shape index (κ3) is 2.34. The Kier molecular flexibility index (Phi) is 3.11. The molecule has 1 aromatic heterocycles. The fourth-order valence-electron chi connectivity index (χ4n) is 3.09. The lowest BCUT2D eigenvalue weighted by Gasteiger charge is -2.30. The van der Waals surface area contributed by atoms with E-state index in [0.29, 0.717) is 18.5 Å². The van der Waals surface area contributed by atoms with Gasteiger partial charge in [0.25, 0.3) is 5.56 Å². The van der Waals surface area contributed by atoms with E-state index in [1.807, 2.05) is 6.07 Å². The van der Waals surface area contributed by atoms with Crippen LogP contribution in [0.4, 0.5) is 8.78 Å². The molecule has 20 heavy (non-hydrogen) atoms. The van der Waals surface area contributed by atoms with Gasteiger partial charge in [0.15, 0.2) is 0 Å². The zero-order valence-electron chi connectivity index (χ0n) is 11.0. The first-order valence-corrected chi connectivity index (χ1v) is 6.82. The third-order valence-corrected chi connectivity index (χ3v) is 4.23. The molecule has 0 saturated heterocycles. The van der Waals surface area contributed by atoms with Gasteiger partial charge >= 0.3 is 0 Å². The number of fused-ring (bicyclic) bond motifs is 1. The summed E-state index contributed by atoms with van der Waals surface area (Å²) in [6, 6.07) is 1.84. The number of rotatable bonds is 1. The van der Waals surface area contributed by atoms with Crippen LogP contribution in [0.2, 0.25) is 0 Å². The Balaban J connectivity index is 1.76. The molecule has 2 heterocycles. The van der Waals surface area contributed by atoms with Crippen molar-refractivity contribution in [2.24, 2.45) is 5.92 Å². The number of H-pyrrole nitrogens is 1. The van der Waals surface area contributed by atoms with E-state index in [2.05, 4.69) is 4.98 Å². The topological polar surface area (TPSA) is 53.2 Å². The van der Waals surface area contributed by atoms with Gasteiger partial charge < -0.3 is 9.88 Å². The maximum Gasteiger partial charge on any atom is 0.253 e. The molecular formula is C14H16F2N2O2. The standard InChI is InChI=1S/C14H16F2N2O2/c15-14(16)4-1-10(7-14)13(20)18-6-3-9-2-5-17-12(19)11(9)8-18/h2,5,10H,1,3-4,6-8H2,(H,17,19)/t10-/m1/s1. The fraction of sp³-hybridized carbons (Fsp3) is 0.571. The highest BCUT2D eigenvalue weighted by Crippen LogP contribution is 2.40. The number of nitrogens with zero attached hydrogens (tertiary/aromatic N) is 1. The quantitative estimate of drug-likeness (QED) is 0.852. The number of pyridine rings is 1. The minimum absolute atomic E-state index is 0.197. The van der Waals surface area contributed by atoms with Gasteiger partial charge in [-0.1, -0.05) is 0 Å². The van der Waals surface area contributed by atoms with E-state index in [0.717, 1.165) is 5.56 Å². The smallest absolute Gasteiger partial charge is 0.253 e. The molecule has 1 fully saturated rings. The summed E-state index contributed by atoms with van der Waals surface area (Å²) in [7, 11) is 0. The predicted molar refractivity (Wildman–Crippen MR) is 68.5 cm³/mol. The van der Waals surface area contributed by atoms with E-state index >= 15 is 0 Å². The van der Waals surface area contributed by atoms with Crippen LogP contribution in [0.1, 0.15) is 30.4 Å². The average molecular weight is 282 g/mol.